The molecule has 0 atom stereocenters. The summed E-state index contributed by atoms with van der Waals surface area (Å²) < 4.78 is 37.0. The Hall–Kier alpha value is -2.01. The van der Waals surface area contributed by atoms with Gasteiger partial charge in [-0.15, -0.1) is 4.99 Å². The van der Waals surface area contributed by atoms with Crippen molar-refractivity contribution >= 4 is 12.0 Å². The van der Waals surface area contributed by atoms with E-state index in [0.717, 1.165) is 12.3 Å². The van der Waals surface area contributed by atoms with E-state index in [1.807, 2.05) is 0 Å². The molecule has 7 heteroatoms. The molecule has 1 rings (SSSR count). The van der Waals surface area contributed by atoms with Crippen molar-refractivity contribution in [2.24, 2.45) is 4.99 Å². The van der Waals surface area contributed by atoms with Crippen molar-refractivity contribution in [3.63, 3.8) is 0 Å². The maximum atomic E-state index is 12.3. The molecule has 0 N–H and O–H groups in total. The van der Waals surface area contributed by atoms with Gasteiger partial charge in [-0.3, -0.25) is 9.78 Å². The van der Waals surface area contributed by atoms with Crippen LogP contribution in [0.25, 0.3) is 0 Å². The van der Waals surface area contributed by atoms with Gasteiger partial charge in [-0.2, -0.15) is 13.2 Å². The molecule has 1 aromatic rings. The summed E-state index contributed by atoms with van der Waals surface area (Å²) in [6, 6.07) is 0.632. The van der Waals surface area contributed by atoms with Crippen LogP contribution in [0, 0.1) is 0 Å². The van der Waals surface area contributed by atoms with Crippen LogP contribution in [0.2, 0.25) is 0 Å². The number of amides is 1. The Morgan fingerprint density at radius 3 is 2.67 bits per heavy atom. The zero-order chi connectivity index (χ0) is 11.5. The first-order valence-electron chi connectivity index (χ1n) is 3.60. The van der Waals surface area contributed by atoms with Crippen LogP contribution in [0.3, 0.4) is 0 Å². The number of halogens is 3. The number of carbonyl (C=O) groups excluding carboxylic acids is 2. The average Bonchev–Trinajstić information content (AvgIpc) is 2.17. The summed E-state index contributed by atoms with van der Waals surface area (Å²) >= 11 is 0. The normalized spacial score (nSPS) is 10.6. The number of hydrogen-bond donors (Lipinski definition) is 0. The highest BCUT2D eigenvalue weighted by molar-refractivity contribution is 5.98. The SMILES string of the molecule is O=C=NC(=O)c1cnccc1C(F)(F)F. The fraction of sp³-hybridized carbons (Fsp3) is 0.125. The summed E-state index contributed by atoms with van der Waals surface area (Å²) in [6.07, 6.45) is -2.22. The highest BCUT2D eigenvalue weighted by Gasteiger charge is 2.35. The van der Waals surface area contributed by atoms with E-state index >= 15 is 0 Å². The first-order chi connectivity index (χ1) is 6.96. The van der Waals surface area contributed by atoms with Crippen LogP contribution in [0.1, 0.15) is 15.9 Å². The molecule has 4 nitrogen and oxygen atoms in total. The lowest BCUT2D eigenvalue weighted by Gasteiger charge is -2.08. The number of nitrogens with zero attached hydrogens (tertiary/aromatic N) is 2. The average molecular weight is 216 g/mol. The number of hydrogen-bond acceptors (Lipinski definition) is 3. The summed E-state index contributed by atoms with van der Waals surface area (Å²) in [4.78, 5) is 26.6. The molecule has 0 unspecified atom stereocenters. The molecule has 0 fully saturated rings. The van der Waals surface area contributed by atoms with Crippen LogP contribution in [-0.4, -0.2) is 17.0 Å². The molecule has 0 aromatic carbocycles. The number of aromatic nitrogens is 1. The van der Waals surface area contributed by atoms with Crippen molar-refractivity contribution in [2.45, 2.75) is 6.18 Å². The van der Waals surface area contributed by atoms with Gasteiger partial charge in [0.1, 0.15) is 0 Å². The third kappa shape index (κ3) is 2.47. The lowest BCUT2D eigenvalue weighted by molar-refractivity contribution is -0.138. The lowest BCUT2D eigenvalue weighted by Crippen LogP contribution is -2.12. The monoisotopic (exact) mass is 216 g/mol. The summed E-state index contributed by atoms with van der Waals surface area (Å²) in [7, 11) is 0. The number of isocyanates is 1. The van der Waals surface area contributed by atoms with Gasteiger partial charge in [0.2, 0.25) is 6.08 Å². The number of rotatable bonds is 1. The standard InChI is InChI=1S/C8H3F3N2O2/c9-8(10,11)6-1-2-12-3-5(6)7(15)13-4-14/h1-3H. The van der Waals surface area contributed by atoms with Gasteiger partial charge in [-0.1, -0.05) is 0 Å². The Balaban J connectivity index is 3.30. The predicted octanol–water partition coefficient (Wildman–Crippen LogP) is 1.58. The van der Waals surface area contributed by atoms with Crippen molar-refractivity contribution in [1.82, 2.24) is 4.98 Å². The topological polar surface area (TPSA) is 59.4 Å². The largest absolute Gasteiger partial charge is 0.417 e. The van der Waals surface area contributed by atoms with E-state index in [2.05, 4.69) is 9.98 Å². The highest BCUT2D eigenvalue weighted by Crippen LogP contribution is 2.31. The lowest BCUT2D eigenvalue weighted by atomic mass is 10.1. The summed E-state index contributed by atoms with van der Waals surface area (Å²) in [5.41, 5.74) is -1.95. The first-order valence-corrected chi connectivity index (χ1v) is 3.60. The zero-order valence-corrected chi connectivity index (χ0v) is 7.08. The molecule has 1 aromatic heterocycles. The van der Waals surface area contributed by atoms with Crippen molar-refractivity contribution in [2.75, 3.05) is 0 Å². The van der Waals surface area contributed by atoms with E-state index in [0.29, 0.717) is 12.3 Å². The van der Waals surface area contributed by atoms with E-state index in [1.165, 1.54) is 0 Å². The van der Waals surface area contributed by atoms with E-state index in [9.17, 15) is 22.8 Å². The van der Waals surface area contributed by atoms with Gasteiger partial charge in [0.25, 0.3) is 5.91 Å². The molecule has 1 amide bonds. The maximum Gasteiger partial charge on any atom is 0.417 e. The van der Waals surface area contributed by atoms with Crippen LogP contribution < -0.4 is 0 Å². The number of carbonyl (C=O) groups is 1. The fourth-order valence-electron chi connectivity index (χ4n) is 0.914. The molecular weight excluding hydrogens is 213 g/mol. The molecule has 0 spiro atoms. The molecule has 0 saturated carbocycles. The highest BCUT2D eigenvalue weighted by atomic mass is 19.4. The molecular formula is C8H3F3N2O2. The van der Waals surface area contributed by atoms with Crippen molar-refractivity contribution < 1.29 is 22.8 Å². The quantitative estimate of drug-likeness (QED) is 0.528. The van der Waals surface area contributed by atoms with Crippen LogP contribution in [-0.2, 0) is 11.0 Å². The van der Waals surface area contributed by atoms with Gasteiger partial charge >= 0.3 is 6.18 Å². The second-order valence-electron chi connectivity index (χ2n) is 2.43. The Kier molecular flexibility index (Phi) is 2.96. The van der Waals surface area contributed by atoms with E-state index in [1.54, 1.807) is 0 Å². The Morgan fingerprint density at radius 2 is 2.13 bits per heavy atom. The second kappa shape index (κ2) is 4.02. The molecule has 0 radical (unpaired) electrons. The van der Waals surface area contributed by atoms with Gasteiger partial charge in [0, 0.05) is 12.4 Å². The van der Waals surface area contributed by atoms with Gasteiger partial charge in [0.15, 0.2) is 0 Å². The number of alkyl halides is 3. The molecule has 0 bridgehead atoms. The zero-order valence-electron chi connectivity index (χ0n) is 7.08. The Morgan fingerprint density at radius 1 is 1.47 bits per heavy atom. The first kappa shape index (κ1) is 11.1. The Labute approximate surface area is 81.5 Å². The van der Waals surface area contributed by atoms with Gasteiger partial charge in [-0.25, -0.2) is 4.79 Å². The van der Waals surface area contributed by atoms with E-state index < -0.39 is 23.2 Å². The Bertz CT molecular complexity index is 436. The van der Waals surface area contributed by atoms with Crippen molar-refractivity contribution in [3.05, 3.63) is 29.6 Å². The minimum absolute atomic E-state index is 0.632. The van der Waals surface area contributed by atoms with Crippen LogP contribution >= 0.6 is 0 Å². The third-order valence-electron chi connectivity index (χ3n) is 1.50. The predicted molar refractivity (Wildman–Crippen MR) is 41.7 cm³/mol. The van der Waals surface area contributed by atoms with E-state index in [-0.39, 0.29) is 0 Å². The maximum absolute atomic E-state index is 12.3. The summed E-state index contributed by atoms with van der Waals surface area (Å²) in [5.74, 6) is -1.31. The molecule has 15 heavy (non-hydrogen) atoms. The fourth-order valence-corrected chi connectivity index (χ4v) is 0.914. The number of pyridine rings is 1. The molecule has 78 valence electrons. The third-order valence-corrected chi connectivity index (χ3v) is 1.50. The van der Waals surface area contributed by atoms with E-state index in [4.69, 9.17) is 0 Å². The molecule has 0 aliphatic heterocycles. The molecule has 0 saturated heterocycles. The van der Waals surface area contributed by atoms with Crippen molar-refractivity contribution in [3.8, 4) is 0 Å². The smallest absolute Gasteiger partial charge is 0.266 e. The summed E-state index contributed by atoms with van der Waals surface area (Å²) in [6.45, 7) is 0. The van der Waals surface area contributed by atoms with Gasteiger partial charge < -0.3 is 0 Å². The second-order valence-corrected chi connectivity index (χ2v) is 2.43. The van der Waals surface area contributed by atoms with Gasteiger partial charge in [0.05, 0.1) is 11.1 Å². The minimum atomic E-state index is -4.69. The molecule has 1 heterocycles. The minimum Gasteiger partial charge on any atom is -0.266 e. The molecule has 0 aliphatic rings. The van der Waals surface area contributed by atoms with Crippen molar-refractivity contribution in [1.29, 1.82) is 0 Å². The van der Waals surface area contributed by atoms with Gasteiger partial charge in [-0.05, 0) is 6.07 Å². The number of aliphatic imine (C=N–C) groups is 1. The van der Waals surface area contributed by atoms with Crippen LogP contribution in [0.4, 0.5) is 13.2 Å². The summed E-state index contributed by atoms with van der Waals surface area (Å²) in [5, 5.41) is 0. The van der Waals surface area contributed by atoms with Crippen LogP contribution in [0.5, 0.6) is 0 Å². The molecule has 0 aliphatic carbocycles. The van der Waals surface area contributed by atoms with Crippen LogP contribution in [0.15, 0.2) is 23.5 Å².